The first-order chi connectivity index (χ1) is 12.7. The normalized spacial score (nSPS) is 24.1. The number of carbonyl (C=O) groups is 4. The molecule has 0 aromatic heterocycles. The van der Waals surface area contributed by atoms with Crippen LogP contribution >= 0.6 is 0 Å². The molecule has 3 aliphatic heterocycles. The van der Waals surface area contributed by atoms with Gasteiger partial charge in [-0.1, -0.05) is 6.07 Å². The maximum Gasteiger partial charge on any atom is 0.262 e. The van der Waals surface area contributed by atoms with Gasteiger partial charge in [-0.05, 0) is 44.9 Å². The molecule has 3 aliphatic rings. The summed E-state index contributed by atoms with van der Waals surface area (Å²) in [5, 5.41) is 2.21. The number of fused-ring (bicyclic) bond motifs is 1. The molecule has 4 amide bonds. The Bertz CT molecular complexity index is 864. The Morgan fingerprint density at radius 3 is 2.30 bits per heavy atom. The van der Waals surface area contributed by atoms with Crippen molar-refractivity contribution in [2.45, 2.75) is 51.1 Å². The lowest BCUT2D eigenvalue weighted by molar-refractivity contribution is -0.136. The molecule has 4 rings (SSSR count). The molecule has 3 heterocycles. The highest BCUT2D eigenvalue weighted by molar-refractivity contribution is 6.23. The minimum absolute atomic E-state index is 0.113. The van der Waals surface area contributed by atoms with Gasteiger partial charge >= 0.3 is 0 Å². The summed E-state index contributed by atoms with van der Waals surface area (Å²) in [6, 6.07) is 4.48. The number of piperidine rings is 1. The predicted molar refractivity (Wildman–Crippen MR) is 97.2 cm³/mol. The number of rotatable bonds is 2. The van der Waals surface area contributed by atoms with E-state index in [1.54, 1.807) is 12.1 Å². The molecule has 0 bridgehead atoms. The number of amides is 4. The van der Waals surface area contributed by atoms with Crippen LogP contribution in [0.25, 0.3) is 0 Å². The third kappa shape index (κ3) is 2.86. The molecule has 2 saturated heterocycles. The first kappa shape index (κ1) is 17.9. The average Bonchev–Trinajstić information content (AvgIpc) is 2.77. The van der Waals surface area contributed by atoms with E-state index in [4.69, 9.17) is 0 Å². The molecule has 0 saturated carbocycles. The average molecular weight is 369 g/mol. The van der Waals surface area contributed by atoms with E-state index in [0.29, 0.717) is 17.0 Å². The van der Waals surface area contributed by atoms with Gasteiger partial charge in [0.25, 0.3) is 11.8 Å². The lowest BCUT2D eigenvalue weighted by Gasteiger charge is -2.48. The number of hydrogen-bond donors (Lipinski definition) is 1. The van der Waals surface area contributed by atoms with Crippen molar-refractivity contribution in [1.82, 2.24) is 15.1 Å². The fourth-order valence-electron chi connectivity index (χ4n) is 3.98. The maximum absolute atomic E-state index is 12.9. The lowest BCUT2D eigenvalue weighted by Crippen LogP contribution is -2.54. The first-order valence-electron chi connectivity index (χ1n) is 9.27. The molecular weight excluding hydrogens is 346 g/mol. The number of likely N-dealkylation sites (tertiary alicyclic amines) is 1. The Morgan fingerprint density at radius 1 is 1.00 bits per heavy atom. The van der Waals surface area contributed by atoms with Crippen molar-refractivity contribution in [1.29, 1.82) is 0 Å². The number of imide groups is 2. The fourth-order valence-corrected chi connectivity index (χ4v) is 3.98. The molecule has 1 N–H and O–H groups in total. The molecular formula is C20H23N3O4. The number of nitrogens with one attached hydrogen (secondary N) is 1. The Labute approximate surface area is 157 Å². The maximum atomic E-state index is 12.9. The molecule has 7 heteroatoms. The van der Waals surface area contributed by atoms with Gasteiger partial charge in [-0.25, -0.2) is 0 Å². The van der Waals surface area contributed by atoms with Gasteiger partial charge in [-0.2, -0.15) is 0 Å². The molecule has 1 aromatic carbocycles. The zero-order valence-corrected chi connectivity index (χ0v) is 15.7. The smallest absolute Gasteiger partial charge is 0.262 e. The highest BCUT2D eigenvalue weighted by Crippen LogP contribution is 2.35. The third-order valence-electron chi connectivity index (χ3n) is 5.77. The summed E-state index contributed by atoms with van der Waals surface area (Å²) in [7, 11) is 0. The SMILES string of the molecule is CC(C)(C)N1CC(c2ccc3c(c2)C(=O)N(C2CCC(=O)NC2=O)C3=O)C1. The minimum atomic E-state index is -0.918. The number of carbonyl (C=O) groups excluding carboxylic acids is 4. The summed E-state index contributed by atoms with van der Waals surface area (Å²) in [6.07, 6.45) is 0.298. The quantitative estimate of drug-likeness (QED) is 0.794. The number of nitrogens with zero attached hydrogens (tertiary/aromatic N) is 2. The Balaban J connectivity index is 1.56. The van der Waals surface area contributed by atoms with Crippen LogP contribution < -0.4 is 5.32 Å². The van der Waals surface area contributed by atoms with E-state index in [9.17, 15) is 19.2 Å². The summed E-state index contributed by atoms with van der Waals surface area (Å²) in [6.45, 7) is 8.35. The first-order valence-corrected chi connectivity index (χ1v) is 9.27. The number of hydrogen-bond acceptors (Lipinski definition) is 5. The highest BCUT2D eigenvalue weighted by atomic mass is 16.2. The van der Waals surface area contributed by atoms with E-state index in [2.05, 4.69) is 31.0 Å². The summed E-state index contributed by atoms with van der Waals surface area (Å²) in [4.78, 5) is 52.4. The van der Waals surface area contributed by atoms with E-state index in [0.717, 1.165) is 23.6 Å². The molecule has 27 heavy (non-hydrogen) atoms. The molecule has 0 aliphatic carbocycles. The standard InChI is InChI=1S/C20H23N3O4/c1-20(2,3)22-9-12(10-22)11-4-5-13-14(8-11)19(27)23(18(13)26)15-6-7-16(24)21-17(15)25/h4-5,8,12,15H,6-7,9-10H2,1-3H3,(H,21,24,25). The van der Waals surface area contributed by atoms with Crippen molar-refractivity contribution in [3.8, 4) is 0 Å². The van der Waals surface area contributed by atoms with Gasteiger partial charge in [0.05, 0.1) is 11.1 Å². The third-order valence-corrected chi connectivity index (χ3v) is 5.77. The van der Waals surface area contributed by atoms with E-state index >= 15 is 0 Å². The van der Waals surface area contributed by atoms with Gasteiger partial charge < -0.3 is 0 Å². The molecule has 1 aromatic rings. The van der Waals surface area contributed by atoms with Crippen molar-refractivity contribution < 1.29 is 19.2 Å². The molecule has 7 nitrogen and oxygen atoms in total. The second-order valence-electron chi connectivity index (χ2n) is 8.52. The molecule has 0 radical (unpaired) electrons. The number of benzene rings is 1. The van der Waals surface area contributed by atoms with Gasteiger partial charge in [-0.3, -0.25) is 34.3 Å². The largest absolute Gasteiger partial charge is 0.297 e. The van der Waals surface area contributed by atoms with Gasteiger partial charge in [-0.15, -0.1) is 0 Å². The van der Waals surface area contributed by atoms with Crippen LogP contribution in [0.2, 0.25) is 0 Å². The second kappa shape index (κ2) is 5.99. The van der Waals surface area contributed by atoms with Gasteiger partial charge in [0.2, 0.25) is 11.8 Å². The van der Waals surface area contributed by atoms with Crippen molar-refractivity contribution in [3.63, 3.8) is 0 Å². The Hall–Kier alpha value is -2.54. The predicted octanol–water partition coefficient (Wildman–Crippen LogP) is 1.29. The highest BCUT2D eigenvalue weighted by Gasteiger charge is 2.45. The summed E-state index contributed by atoms with van der Waals surface area (Å²) in [5.41, 5.74) is 1.85. The van der Waals surface area contributed by atoms with E-state index in [1.807, 2.05) is 6.07 Å². The van der Waals surface area contributed by atoms with Crippen LogP contribution in [-0.2, 0) is 9.59 Å². The monoisotopic (exact) mass is 369 g/mol. The van der Waals surface area contributed by atoms with E-state index < -0.39 is 23.8 Å². The van der Waals surface area contributed by atoms with Crippen LogP contribution in [0.15, 0.2) is 18.2 Å². The topological polar surface area (TPSA) is 86.8 Å². The lowest BCUT2D eigenvalue weighted by atomic mass is 9.86. The van der Waals surface area contributed by atoms with E-state index in [-0.39, 0.29) is 24.3 Å². The van der Waals surface area contributed by atoms with Crippen LogP contribution in [0, 0.1) is 0 Å². The van der Waals surface area contributed by atoms with Gasteiger partial charge in [0.15, 0.2) is 0 Å². The zero-order chi connectivity index (χ0) is 19.5. The summed E-state index contributed by atoms with van der Waals surface area (Å²) in [5.74, 6) is -1.52. The van der Waals surface area contributed by atoms with Crippen LogP contribution in [-0.4, -0.2) is 58.1 Å². The second-order valence-corrected chi connectivity index (χ2v) is 8.52. The summed E-state index contributed by atoms with van der Waals surface area (Å²) < 4.78 is 0. The van der Waals surface area contributed by atoms with Crippen molar-refractivity contribution in [3.05, 3.63) is 34.9 Å². The molecule has 1 atom stereocenters. The van der Waals surface area contributed by atoms with Crippen molar-refractivity contribution >= 4 is 23.6 Å². The van der Waals surface area contributed by atoms with Crippen LogP contribution in [0.4, 0.5) is 0 Å². The fraction of sp³-hybridized carbons (Fsp3) is 0.500. The Kier molecular flexibility index (Phi) is 3.96. The van der Waals surface area contributed by atoms with Gasteiger partial charge in [0, 0.05) is 31.0 Å². The van der Waals surface area contributed by atoms with Gasteiger partial charge in [0.1, 0.15) is 6.04 Å². The van der Waals surface area contributed by atoms with E-state index in [1.165, 1.54) is 0 Å². The molecule has 142 valence electrons. The van der Waals surface area contributed by atoms with Crippen LogP contribution in [0.1, 0.15) is 65.8 Å². The van der Waals surface area contributed by atoms with Crippen molar-refractivity contribution in [2.24, 2.45) is 0 Å². The Morgan fingerprint density at radius 2 is 1.67 bits per heavy atom. The zero-order valence-electron chi connectivity index (χ0n) is 15.7. The van der Waals surface area contributed by atoms with Crippen LogP contribution in [0.5, 0.6) is 0 Å². The molecule has 0 spiro atoms. The van der Waals surface area contributed by atoms with Crippen molar-refractivity contribution in [2.75, 3.05) is 13.1 Å². The minimum Gasteiger partial charge on any atom is -0.297 e. The molecule has 2 fully saturated rings. The summed E-state index contributed by atoms with van der Waals surface area (Å²) >= 11 is 0. The molecule has 1 unspecified atom stereocenters. The van der Waals surface area contributed by atoms with Crippen LogP contribution in [0.3, 0.4) is 0 Å².